The van der Waals surface area contributed by atoms with E-state index in [1.54, 1.807) is 20.8 Å². The highest BCUT2D eigenvalue weighted by molar-refractivity contribution is 6.40. The lowest BCUT2D eigenvalue weighted by molar-refractivity contribution is 0.0206. The van der Waals surface area contributed by atoms with Gasteiger partial charge in [0.2, 0.25) is 0 Å². The van der Waals surface area contributed by atoms with Gasteiger partial charge in [-0.3, -0.25) is 0 Å². The van der Waals surface area contributed by atoms with Crippen molar-refractivity contribution in [1.82, 2.24) is 0 Å². The first-order chi connectivity index (χ1) is 7.69. The molecule has 0 aliphatic rings. The van der Waals surface area contributed by atoms with E-state index in [1.807, 2.05) is 0 Å². The SMILES string of the molecule is CC(C)(C)OC(=O)Oc1c(Cl)cc(Cl)cc1Cl. The maximum absolute atomic E-state index is 11.4. The summed E-state index contributed by atoms with van der Waals surface area (Å²) in [6.07, 6.45) is -0.872. The lowest BCUT2D eigenvalue weighted by atomic mass is 10.2. The summed E-state index contributed by atoms with van der Waals surface area (Å²) < 4.78 is 9.89. The summed E-state index contributed by atoms with van der Waals surface area (Å²) in [5, 5.41) is 0.651. The molecule has 0 saturated heterocycles. The van der Waals surface area contributed by atoms with Crippen molar-refractivity contribution in [2.75, 3.05) is 0 Å². The molecule has 0 unspecified atom stereocenters. The fourth-order valence-corrected chi connectivity index (χ4v) is 1.87. The molecule has 0 spiro atoms. The first-order valence-corrected chi connectivity index (χ1v) is 5.88. The summed E-state index contributed by atoms with van der Waals surface area (Å²) in [5.41, 5.74) is -0.650. The Hall–Kier alpha value is -0.640. The van der Waals surface area contributed by atoms with Gasteiger partial charge in [0.1, 0.15) is 5.60 Å². The third-order valence-electron chi connectivity index (χ3n) is 1.54. The molecule has 3 nitrogen and oxygen atoms in total. The minimum atomic E-state index is -0.872. The van der Waals surface area contributed by atoms with Crippen LogP contribution < -0.4 is 4.74 Å². The van der Waals surface area contributed by atoms with E-state index in [1.165, 1.54) is 12.1 Å². The molecule has 0 bridgehead atoms. The van der Waals surface area contributed by atoms with Crippen molar-refractivity contribution in [2.45, 2.75) is 26.4 Å². The minimum absolute atomic E-state index is 0.0342. The van der Waals surface area contributed by atoms with Crippen LogP contribution in [0.1, 0.15) is 20.8 Å². The molecule has 0 aliphatic carbocycles. The van der Waals surface area contributed by atoms with E-state index in [9.17, 15) is 4.79 Å². The Kier molecular flexibility index (Phi) is 4.53. The van der Waals surface area contributed by atoms with Gasteiger partial charge in [-0.1, -0.05) is 34.8 Å². The van der Waals surface area contributed by atoms with E-state index in [0.29, 0.717) is 5.02 Å². The van der Waals surface area contributed by atoms with Crippen LogP contribution in [0.2, 0.25) is 15.1 Å². The van der Waals surface area contributed by atoms with Gasteiger partial charge in [-0.05, 0) is 32.9 Å². The van der Waals surface area contributed by atoms with Crippen LogP contribution in [0.4, 0.5) is 4.79 Å². The van der Waals surface area contributed by atoms with E-state index in [0.717, 1.165) is 0 Å². The Morgan fingerprint density at radius 3 is 2.00 bits per heavy atom. The third kappa shape index (κ3) is 4.62. The molecule has 1 rings (SSSR count). The van der Waals surface area contributed by atoms with Gasteiger partial charge in [-0.2, -0.15) is 0 Å². The van der Waals surface area contributed by atoms with Crippen molar-refractivity contribution in [3.63, 3.8) is 0 Å². The molecule has 94 valence electrons. The highest BCUT2D eigenvalue weighted by atomic mass is 35.5. The molecule has 0 atom stereocenters. The molecular formula is C11H11Cl3O3. The van der Waals surface area contributed by atoms with Crippen LogP contribution in [0.15, 0.2) is 12.1 Å². The van der Waals surface area contributed by atoms with E-state index in [2.05, 4.69) is 0 Å². The zero-order valence-electron chi connectivity index (χ0n) is 9.51. The number of hydrogen-bond acceptors (Lipinski definition) is 3. The van der Waals surface area contributed by atoms with Crippen LogP contribution in [-0.2, 0) is 4.74 Å². The predicted molar refractivity (Wildman–Crippen MR) is 68.3 cm³/mol. The summed E-state index contributed by atoms with van der Waals surface area (Å²) in [7, 11) is 0. The Morgan fingerprint density at radius 2 is 1.59 bits per heavy atom. The maximum Gasteiger partial charge on any atom is 0.514 e. The fraction of sp³-hybridized carbons (Fsp3) is 0.364. The van der Waals surface area contributed by atoms with Gasteiger partial charge >= 0.3 is 6.16 Å². The van der Waals surface area contributed by atoms with Gasteiger partial charge in [-0.15, -0.1) is 0 Å². The average molecular weight is 298 g/mol. The molecule has 0 aliphatic heterocycles. The van der Waals surface area contributed by atoms with Crippen LogP contribution in [-0.4, -0.2) is 11.8 Å². The molecule has 1 aromatic rings. The van der Waals surface area contributed by atoms with Gasteiger partial charge < -0.3 is 9.47 Å². The highest BCUT2D eigenvalue weighted by Crippen LogP contribution is 2.36. The summed E-state index contributed by atoms with van der Waals surface area (Å²) in [5.74, 6) is 0.0342. The van der Waals surface area contributed by atoms with E-state index in [-0.39, 0.29) is 15.8 Å². The molecule has 0 radical (unpaired) electrons. The summed E-state index contributed by atoms with van der Waals surface area (Å²) in [4.78, 5) is 11.4. The number of hydrogen-bond donors (Lipinski definition) is 0. The van der Waals surface area contributed by atoms with Crippen LogP contribution in [0.3, 0.4) is 0 Å². The predicted octanol–water partition coefficient (Wildman–Crippen LogP) is 4.96. The van der Waals surface area contributed by atoms with E-state index in [4.69, 9.17) is 44.3 Å². The minimum Gasteiger partial charge on any atom is -0.428 e. The van der Waals surface area contributed by atoms with Crippen molar-refractivity contribution in [1.29, 1.82) is 0 Å². The number of carbonyl (C=O) groups is 1. The molecular weight excluding hydrogens is 286 g/mol. The maximum atomic E-state index is 11.4. The number of benzene rings is 1. The average Bonchev–Trinajstić information content (AvgIpc) is 2.08. The smallest absolute Gasteiger partial charge is 0.428 e. The van der Waals surface area contributed by atoms with Crippen molar-refractivity contribution >= 4 is 41.0 Å². The second-order valence-corrected chi connectivity index (χ2v) is 5.52. The number of carbonyl (C=O) groups excluding carboxylic acids is 1. The largest absolute Gasteiger partial charge is 0.514 e. The van der Waals surface area contributed by atoms with Gasteiger partial charge in [0, 0.05) is 5.02 Å². The standard InChI is InChI=1S/C11H11Cl3O3/c1-11(2,3)17-10(15)16-9-7(13)4-6(12)5-8(9)14/h4-5H,1-3H3. The second-order valence-electron chi connectivity index (χ2n) is 4.27. The van der Waals surface area contributed by atoms with Gasteiger partial charge in [0.15, 0.2) is 5.75 Å². The van der Waals surface area contributed by atoms with Gasteiger partial charge in [-0.25, -0.2) is 4.79 Å². The second kappa shape index (κ2) is 5.34. The van der Waals surface area contributed by atoms with E-state index < -0.39 is 11.8 Å². The topological polar surface area (TPSA) is 35.5 Å². The van der Waals surface area contributed by atoms with Gasteiger partial charge in [0.05, 0.1) is 10.0 Å². The summed E-state index contributed by atoms with van der Waals surface area (Å²) in [6.45, 7) is 5.16. The first-order valence-electron chi connectivity index (χ1n) is 4.74. The zero-order chi connectivity index (χ0) is 13.2. The molecule has 0 amide bonds. The molecule has 0 aromatic heterocycles. The van der Waals surface area contributed by atoms with Gasteiger partial charge in [0.25, 0.3) is 0 Å². The van der Waals surface area contributed by atoms with Crippen molar-refractivity contribution in [3.05, 3.63) is 27.2 Å². The van der Waals surface area contributed by atoms with Crippen LogP contribution in [0, 0.1) is 0 Å². The highest BCUT2D eigenvalue weighted by Gasteiger charge is 2.20. The summed E-state index contributed by atoms with van der Waals surface area (Å²) in [6, 6.07) is 2.85. The van der Waals surface area contributed by atoms with Crippen molar-refractivity contribution in [3.8, 4) is 5.75 Å². The first kappa shape index (κ1) is 14.4. The Morgan fingerprint density at radius 1 is 1.12 bits per heavy atom. The Bertz CT molecular complexity index is 415. The molecule has 0 fully saturated rings. The monoisotopic (exact) mass is 296 g/mol. The lowest BCUT2D eigenvalue weighted by Gasteiger charge is -2.19. The van der Waals surface area contributed by atoms with Crippen LogP contribution in [0.25, 0.3) is 0 Å². The normalized spacial score (nSPS) is 11.2. The molecule has 1 aromatic carbocycles. The molecule has 0 saturated carbocycles. The summed E-state index contributed by atoms with van der Waals surface area (Å²) >= 11 is 17.4. The molecule has 17 heavy (non-hydrogen) atoms. The molecule has 0 N–H and O–H groups in total. The van der Waals surface area contributed by atoms with Crippen LogP contribution >= 0.6 is 34.8 Å². The number of halogens is 3. The number of ether oxygens (including phenoxy) is 2. The van der Waals surface area contributed by atoms with Crippen LogP contribution in [0.5, 0.6) is 5.75 Å². The van der Waals surface area contributed by atoms with Crippen molar-refractivity contribution < 1.29 is 14.3 Å². The molecule has 6 heteroatoms. The van der Waals surface area contributed by atoms with E-state index >= 15 is 0 Å². The Labute approximate surface area is 115 Å². The zero-order valence-corrected chi connectivity index (χ0v) is 11.8. The Balaban J connectivity index is 2.86. The van der Waals surface area contributed by atoms with Crippen molar-refractivity contribution in [2.24, 2.45) is 0 Å². The quantitative estimate of drug-likeness (QED) is 0.543. The fourth-order valence-electron chi connectivity index (χ4n) is 0.981. The number of rotatable bonds is 1. The third-order valence-corrected chi connectivity index (χ3v) is 2.32. The molecule has 0 heterocycles. The lowest BCUT2D eigenvalue weighted by Crippen LogP contribution is -2.26.